The van der Waals surface area contributed by atoms with Crippen molar-refractivity contribution in [3.05, 3.63) is 29.1 Å². The van der Waals surface area contributed by atoms with Gasteiger partial charge in [-0.25, -0.2) is 0 Å². The minimum Gasteiger partial charge on any atom is -0.261 e. The molecule has 0 fully saturated rings. The van der Waals surface area contributed by atoms with E-state index in [4.69, 9.17) is 0 Å². The second kappa shape index (κ2) is 3.49. The number of hydrogen-bond acceptors (Lipinski definition) is 1. The fraction of sp³-hybridized carbons (Fsp3) is 0.583. The Balaban J connectivity index is 3.13. The molecule has 0 unspecified atom stereocenters. The fourth-order valence-electron chi connectivity index (χ4n) is 1.59. The predicted molar refractivity (Wildman–Crippen MR) is 57.1 cm³/mol. The molecule has 0 saturated heterocycles. The Morgan fingerprint density at radius 3 is 2.31 bits per heavy atom. The van der Waals surface area contributed by atoms with E-state index in [1.807, 2.05) is 6.20 Å². The lowest BCUT2D eigenvalue weighted by Crippen LogP contribution is -2.13. The maximum Gasteiger partial charge on any atom is 0.0403 e. The van der Waals surface area contributed by atoms with Crippen molar-refractivity contribution in [2.45, 2.75) is 46.5 Å². The van der Waals surface area contributed by atoms with Gasteiger partial charge in [0.2, 0.25) is 0 Å². The molecule has 72 valence electrons. The van der Waals surface area contributed by atoms with Gasteiger partial charge in [0, 0.05) is 11.9 Å². The van der Waals surface area contributed by atoms with E-state index in [2.05, 4.69) is 45.7 Å². The van der Waals surface area contributed by atoms with Gasteiger partial charge in [0.15, 0.2) is 0 Å². The quantitative estimate of drug-likeness (QED) is 0.641. The zero-order valence-corrected chi connectivity index (χ0v) is 9.31. The van der Waals surface area contributed by atoms with Crippen LogP contribution in [0.3, 0.4) is 0 Å². The van der Waals surface area contributed by atoms with Crippen LogP contribution in [0.15, 0.2) is 12.3 Å². The monoisotopic (exact) mass is 177 g/mol. The highest BCUT2D eigenvalue weighted by atomic mass is 14.7. The summed E-state index contributed by atoms with van der Waals surface area (Å²) in [5, 5.41) is 0. The minimum atomic E-state index is 0.212. The summed E-state index contributed by atoms with van der Waals surface area (Å²) in [5.41, 5.74) is 4.11. The van der Waals surface area contributed by atoms with Crippen molar-refractivity contribution in [2.75, 3.05) is 0 Å². The van der Waals surface area contributed by atoms with Crippen LogP contribution in [0.25, 0.3) is 0 Å². The Morgan fingerprint density at radius 1 is 1.31 bits per heavy atom. The average molecular weight is 177 g/mol. The first-order chi connectivity index (χ1) is 5.95. The van der Waals surface area contributed by atoms with E-state index >= 15 is 0 Å². The summed E-state index contributed by atoms with van der Waals surface area (Å²) in [6.07, 6.45) is 3.04. The van der Waals surface area contributed by atoms with Crippen molar-refractivity contribution >= 4 is 0 Å². The van der Waals surface area contributed by atoms with Gasteiger partial charge in [0.25, 0.3) is 0 Å². The molecule has 0 atom stereocenters. The third-order valence-electron chi connectivity index (χ3n) is 2.34. The lowest BCUT2D eigenvalue weighted by molar-refractivity contribution is 0.582. The first-order valence-electron chi connectivity index (χ1n) is 4.91. The van der Waals surface area contributed by atoms with Crippen LogP contribution in [-0.2, 0) is 11.8 Å². The molecule has 1 aromatic rings. The van der Waals surface area contributed by atoms with Gasteiger partial charge in [-0.3, -0.25) is 4.98 Å². The van der Waals surface area contributed by atoms with Crippen LogP contribution >= 0.6 is 0 Å². The Morgan fingerprint density at radius 2 is 1.92 bits per heavy atom. The van der Waals surface area contributed by atoms with Gasteiger partial charge in [0.1, 0.15) is 0 Å². The molecule has 0 aromatic carbocycles. The maximum absolute atomic E-state index is 4.42. The topological polar surface area (TPSA) is 12.9 Å². The summed E-state index contributed by atoms with van der Waals surface area (Å²) >= 11 is 0. The maximum atomic E-state index is 4.42. The normalized spacial score (nSPS) is 11.8. The Labute approximate surface area is 81.2 Å². The summed E-state index contributed by atoms with van der Waals surface area (Å²) in [5.74, 6) is 0. The largest absolute Gasteiger partial charge is 0.261 e. The lowest BCUT2D eigenvalue weighted by Gasteiger charge is -2.21. The molecule has 0 radical (unpaired) electrons. The van der Waals surface area contributed by atoms with Crippen molar-refractivity contribution < 1.29 is 0 Å². The Bertz CT molecular complexity index is 294. The van der Waals surface area contributed by atoms with Gasteiger partial charge >= 0.3 is 0 Å². The van der Waals surface area contributed by atoms with Crippen molar-refractivity contribution in [1.29, 1.82) is 0 Å². The molecule has 1 aromatic heterocycles. The van der Waals surface area contributed by atoms with Crippen LogP contribution in [0, 0.1) is 6.92 Å². The molecule has 1 heterocycles. The van der Waals surface area contributed by atoms with E-state index in [-0.39, 0.29) is 5.41 Å². The molecule has 1 rings (SSSR count). The van der Waals surface area contributed by atoms with Crippen molar-refractivity contribution in [2.24, 2.45) is 0 Å². The van der Waals surface area contributed by atoms with Gasteiger partial charge < -0.3 is 0 Å². The van der Waals surface area contributed by atoms with Gasteiger partial charge in [-0.05, 0) is 36.0 Å². The van der Waals surface area contributed by atoms with Crippen LogP contribution in [0.4, 0.5) is 0 Å². The molecule has 0 aliphatic rings. The highest BCUT2D eigenvalue weighted by molar-refractivity contribution is 5.30. The van der Waals surface area contributed by atoms with Gasteiger partial charge in [-0.2, -0.15) is 0 Å². The molecule has 1 nitrogen and oxygen atoms in total. The first kappa shape index (κ1) is 10.2. The van der Waals surface area contributed by atoms with Gasteiger partial charge in [-0.1, -0.05) is 27.7 Å². The number of aromatic nitrogens is 1. The minimum absolute atomic E-state index is 0.212. The molecular weight excluding hydrogens is 158 g/mol. The van der Waals surface area contributed by atoms with Crippen LogP contribution in [0.1, 0.15) is 44.5 Å². The molecule has 0 amide bonds. The van der Waals surface area contributed by atoms with E-state index in [9.17, 15) is 0 Å². The van der Waals surface area contributed by atoms with Crippen molar-refractivity contribution in [3.8, 4) is 0 Å². The molecule has 0 aliphatic carbocycles. The van der Waals surface area contributed by atoms with Crippen molar-refractivity contribution in [1.82, 2.24) is 4.98 Å². The van der Waals surface area contributed by atoms with Crippen LogP contribution < -0.4 is 0 Å². The van der Waals surface area contributed by atoms with Crippen LogP contribution in [-0.4, -0.2) is 4.98 Å². The third-order valence-corrected chi connectivity index (χ3v) is 2.34. The number of nitrogens with zero attached hydrogens (tertiary/aromatic N) is 1. The van der Waals surface area contributed by atoms with E-state index in [1.165, 1.54) is 16.8 Å². The number of rotatable bonds is 1. The van der Waals surface area contributed by atoms with Crippen LogP contribution in [0.5, 0.6) is 0 Å². The summed E-state index contributed by atoms with van der Waals surface area (Å²) in [6, 6.07) is 2.20. The second-order valence-corrected chi connectivity index (χ2v) is 4.59. The zero-order chi connectivity index (χ0) is 10.1. The molecule has 0 saturated carbocycles. The second-order valence-electron chi connectivity index (χ2n) is 4.59. The van der Waals surface area contributed by atoms with E-state index in [0.29, 0.717) is 0 Å². The van der Waals surface area contributed by atoms with Crippen molar-refractivity contribution in [3.63, 3.8) is 0 Å². The molecule has 0 N–H and O–H groups in total. The van der Waals surface area contributed by atoms with E-state index in [1.54, 1.807) is 0 Å². The summed E-state index contributed by atoms with van der Waals surface area (Å²) in [7, 11) is 0. The van der Waals surface area contributed by atoms with Gasteiger partial charge in [-0.15, -0.1) is 0 Å². The van der Waals surface area contributed by atoms with Crippen LogP contribution in [0.2, 0.25) is 0 Å². The van der Waals surface area contributed by atoms with Gasteiger partial charge in [0.05, 0.1) is 0 Å². The molecule has 0 aliphatic heterocycles. The summed E-state index contributed by atoms with van der Waals surface area (Å²) in [6.45, 7) is 11.0. The van der Waals surface area contributed by atoms with E-state index in [0.717, 1.165) is 6.42 Å². The first-order valence-corrected chi connectivity index (χ1v) is 4.91. The Kier molecular flexibility index (Phi) is 2.74. The molecule has 13 heavy (non-hydrogen) atoms. The fourth-order valence-corrected chi connectivity index (χ4v) is 1.59. The highest BCUT2D eigenvalue weighted by Gasteiger charge is 2.16. The zero-order valence-electron chi connectivity index (χ0n) is 9.31. The standard InChI is InChI=1S/C12H19N/c1-6-10-7-9(2)11(8-13-10)12(3,4)5/h7-8H,6H2,1-5H3. The molecule has 1 heteroatoms. The highest BCUT2D eigenvalue weighted by Crippen LogP contribution is 2.24. The smallest absolute Gasteiger partial charge is 0.0403 e. The number of hydrogen-bond donors (Lipinski definition) is 0. The average Bonchev–Trinajstić information content (AvgIpc) is 2.01. The molecule has 0 bridgehead atoms. The molecular formula is C12H19N. The van der Waals surface area contributed by atoms with E-state index < -0.39 is 0 Å². The third kappa shape index (κ3) is 2.30. The predicted octanol–water partition coefficient (Wildman–Crippen LogP) is 3.25. The summed E-state index contributed by atoms with van der Waals surface area (Å²) in [4.78, 5) is 4.42. The number of aryl methyl sites for hydroxylation is 2. The SMILES string of the molecule is CCc1cc(C)c(C(C)(C)C)cn1. The lowest BCUT2D eigenvalue weighted by atomic mass is 9.85. The summed E-state index contributed by atoms with van der Waals surface area (Å²) < 4.78 is 0. The molecule has 0 spiro atoms. The number of pyridine rings is 1. The Hall–Kier alpha value is -0.850.